The molecule has 0 spiro atoms. The Balaban J connectivity index is 1.63. The Morgan fingerprint density at radius 2 is 1.84 bits per heavy atom. The van der Waals surface area contributed by atoms with Gasteiger partial charge >= 0.3 is 6.09 Å². The minimum Gasteiger partial charge on any atom is -0.465 e. The fraction of sp³-hybridized carbons (Fsp3) is 0.438. The van der Waals surface area contributed by atoms with Gasteiger partial charge in [0.1, 0.15) is 12.0 Å². The molecule has 3 N–H and O–H groups in total. The second kappa shape index (κ2) is 7.29. The smallest absolute Gasteiger partial charge is 0.404 e. The Labute approximate surface area is 144 Å². The number of hydrogen-bond donors (Lipinski definition) is 3. The lowest BCUT2D eigenvalue weighted by atomic mass is 9.91. The van der Waals surface area contributed by atoms with E-state index < -0.39 is 6.09 Å². The number of nitrogens with one attached hydrogen (secondary N) is 2. The van der Waals surface area contributed by atoms with Crippen LogP contribution in [0, 0.1) is 6.92 Å². The van der Waals surface area contributed by atoms with Crippen LogP contribution in [0.15, 0.2) is 24.8 Å². The summed E-state index contributed by atoms with van der Waals surface area (Å²) < 4.78 is 1.65. The number of carboxylic acid groups (broad SMARTS) is 1. The number of nitrogens with zero attached hydrogens (tertiary/aromatic N) is 4. The predicted octanol–water partition coefficient (Wildman–Crippen LogP) is 1.28. The van der Waals surface area contributed by atoms with Crippen LogP contribution in [0.5, 0.6) is 0 Å². The molecule has 0 aliphatic heterocycles. The monoisotopic (exact) mass is 344 g/mol. The molecule has 2 amide bonds. The largest absolute Gasteiger partial charge is 0.465 e. The quantitative estimate of drug-likeness (QED) is 0.768. The molecule has 2 aromatic heterocycles. The number of aryl methyl sites for hydroxylation is 1. The number of carbonyl (C=O) groups is 2. The maximum atomic E-state index is 12.5. The molecule has 0 unspecified atom stereocenters. The molecule has 1 saturated carbocycles. The van der Waals surface area contributed by atoms with E-state index in [1.54, 1.807) is 29.4 Å². The third-order valence-corrected chi connectivity index (χ3v) is 4.20. The fourth-order valence-electron chi connectivity index (χ4n) is 2.98. The Kier molecular flexibility index (Phi) is 4.92. The first-order valence-corrected chi connectivity index (χ1v) is 8.15. The Hall–Kier alpha value is -2.97. The van der Waals surface area contributed by atoms with Gasteiger partial charge in [-0.1, -0.05) is 0 Å². The van der Waals surface area contributed by atoms with Crippen LogP contribution >= 0.6 is 0 Å². The first-order valence-electron chi connectivity index (χ1n) is 8.15. The average molecular weight is 344 g/mol. The highest BCUT2D eigenvalue weighted by atomic mass is 16.4. The molecule has 1 fully saturated rings. The van der Waals surface area contributed by atoms with Crippen molar-refractivity contribution in [3.63, 3.8) is 0 Å². The summed E-state index contributed by atoms with van der Waals surface area (Å²) in [6.07, 6.45) is 6.79. The Morgan fingerprint density at radius 1 is 1.16 bits per heavy atom. The topological polar surface area (TPSA) is 122 Å². The van der Waals surface area contributed by atoms with Gasteiger partial charge in [-0.2, -0.15) is 0 Å². The van der Waals surface area contributed by atoms with Crippen LogP contribution in [0.4, 0.5) is 4.79 Å². The van der Waals surface area contributed by atoms with Gasteiger partial charge in [0, 0.05) is 30.2 Å². The summed E-state index contributed by atoms with van der Waals surface area (Å²) in [5.74, 6) is 0.151. The molecule has 9 nitrogen and oxygen atoms in total. The van der Waals surface area contributed by atoms with E-state index >= 15 is 0 Å². The summed E-state index contributed by atoms with van der Waals surface area (Å²) in [4.78, 5) is 35.8. The van der Waals surface area contributed by atoms with Crippen LogP contribution in [-0.2, 0) is 0 Å². The maximum Gasteiger partial charge on any atom is 0.404 e. The third-order valence-electron chi connectivity index (χ3n) is 4.20. The van der Waals surface area contributed by atoms with Gasteiger partial charge in [-0.25, -0.2) is 19.7 Å². The molecule has 3 rings (SSSR count). The summed E-state index contributed by atoms with van der Waals surface area (Å²) >= 11 is 0. The second-order valence-electron chi connectivity index (χ2n) is 6.14. The normalized spacial score (nSPS) is 20.0. The predicted molar refractivity (Wildman–Crippen MR) is 88.6 cm³/mol. The van der Waals surface area contributed by atoms with Crippen molar-refractivity contribution in [2.24, 2.45) is 0 Å². The van der Waals surface area contributed by atoms with Crippen molar-refractivity contribution in [2.75, 3.05) is 0 Å². The van der Waals surface area contributed by atoms with Crippen LogP contribution < -0.4 is 10.6 Å². The van der Waals surface area contributed by atoms with Crippen molar-refractivity contribution in [1.82, 2.24) is 30.2 Å². The van der Waals surface area contributed by atoms with Gasteiger partial charge in [-0.05, 0) is 38.7 Å². The first-order chi connectivity index (χ1) is 12.0. The lowest BCUT2D eigenvalue weighted by molar-refractivity contribution is 0.0917. The van der Waals surface area contributed by atoms with E-state index in [0.717, 1.165) is 12.8 Å². The molecular formula is C16H20N6O3. The van der Waals surface area contributed by atoms with E-state index in [4.69, 9.17) is 5.11 Å². The zero-order valence-corrected chi connectivity index (χ0v) is 13.8. The van der Waals surface area contributed by atoms with Crippen LogP contribution in [0.25, 0.3) is 5.95 Å². The van der Waals surface area contributed by atoms with E-state index in [2.05, 4.69) is 25.6 Å². The summed E-state index contributed by atoms with van der Waals surface area (Å²) in [7, 11) is 0. The Morgan fingerprint density at radius 3 is 2.44 bits per heavy atom. The van der Waals surface area contributed by atoms with Crippen molar-refractivity contribution < 1.29 is 14.7 Å². The minimum atomic E-state index is -1.00. The van der Waals surface area contributed by atoms with E-state index in [1.807, 2.05) is 6.92 Å². The maximum absolute atomic E-state index is 12.5. The number of amides is 2. The standard InChI is InChI=1S/C16H20N6O3/c1-10-8-13(21-15(18-10)22-7-6-17-9-22)14(23)19-11-2-4-12(5-3-11)20-16(24)25/h6-9,11-12,20H,2-5H2,1H3,(H,19,23)(H,24,25)/t11-,12-. The SMILES string of the molecule is Cc1cc(C(=O)N[C@H]2CC[C@H](NC(=O)O)CC2)nc(-n2ccnc2)n1. The zero-order chi connectivity index (χ0) is 17.8. The van der Waals surface area contributed by atoms with Gasteiger partial charge < -0.3 is 15.7 Å². The fourth-order valence-corrected chi connectivity index (χ4v) is 2.98. The second-order valence-corrected chi connectivity index (χ2v) is 6.14. The molecular weight excluding hydrogens is 324 g/mol. The highest BCUT2D eigenvalue weighted by Crippen LogP contribution is 2.19. The number of aromatic nitrogens is 4. The van der Waals surface area contributed by atoms with Crippen LogP contribution in [-0.4, -0.2) is 48.7 Å². The molecule has 0 atom stereocenters. The molecule has 0 radical (unpaired) electrons. The van der Waals surface area contributed by atoms with Crippen molar-refractivity contribution in [1.29, 1.82) is 0 Å². The zero-order valence-electron chi connectivity index (χ0n) is 13.8. The van der Waals surface area contributed by atoms with Crippen molar-refractivity contribution >= 4 is 12.0 Å². The van der Waals surface area contributed by atoms with Gasteiger partial charge in [0.25, 0.3) is 5.91 Å². The van der Waals surface area contributed by atoms with Gasteiger partial charge in [-0.15, -0.1) is 0 Å². The lowest BCUT2D eigenvalue weighted by Crippen LogP contribution is -2.43. The average Bonchev–Trinajstić information content (AvgIpc) is 3.10. The van der Waals surface area contributed by atoms with E-state index in [0.29, 0.717) is 30.2 Å². The highest BCUT2D eigenvalue weighted by Gasteiger charge is 2.24. The molecule has 0 saturated heterocycles. The van der Waals surface area contributed by atoms with Crippen molar-refractivity contribution in [3.05, 3.63) is 36.2 Å². The summed E-state index contributed by atoms with van der Waals surface area (Å²) in [5, 5.41) is 14.2. The first kappa shape index (κ1) is 16.9. The molecule has 9 heteroatoms. The van der Waals surface area contributed by atoms with Gasteiger partial charge in [0.05, 0.1) is 0 Å². The molecule has 0 bridgehead atoms. The Bertz CT molecular complexity index is 753. The molecule has 2 heterocycles. The number of hydrogen-bond acceptors (Lipinski definition) is 5. The molecule has 132 valence electrons. The van der Waals surface area contributed by atoms with E-state index in [-0.39, 0.29) is 18.0 Å². The molecule has 1 aliphatic carbocycles. The van der Waals surface area contributed by atoms with E-state index in [9.17, 15) is 9.59 Å². The lowest BCUT2D eigenvalue weighted by Gasteiger charge is -2.28. The van der Waals surface area contributed by atoms with Crippen molar-refractivity contribution in [2.45, 2.75) is 44.7 Å². The summed E-state index contributed by atoms with van der Waals surface area (Å²) in [5.41, 5.74) is 1.00. The highest BCUT2D eigenvalue weighted by molar-refractivity contribution is 5.92. The number of imidazole rings is 1. The van der Waals surface area contributed by atoms with Crippen LogP contribution in [0.2, 0.25) is 0 Å². The molecule has 1 aliphatic rings. The summed E-state index contributed by atoms with van der Waals surface area (Å²) in [6.45, 7) is 1.81. The van der Waals surface area contributed by atoms with Gasteiger partial charge in [0.2, 0.25) is 5.95 Å². The molecule has 2 aromatic rings. The van der Waals surface area contributed by atoms with Gasteiger partial charge in [-0.3, -0.25) is 9.36 Å². The van der Waals surface area contributed by atoms with Crippen LogP contribution in [0.3, 0.4) is 0 Å². The summed E-state index contributed by atoms with van der Waals surface area (Å²) in [6, 6.07) is 1.62. The van der Waals surface area contributed by atoms with E-state index in [1.165, 1.54) is 0 Å². The van der Waals surface area contributed by atoms with Crippen molar-refractivity contribution in [3.8, 4) is 5.95 Å². The van der Waals surface area contributed by atoms with Crippen LogP contribution in [0.1, 0.15) is 41.9 Å². The molecule has 0 aromatic carbocycles. The number of carbonyl (C=O) groups excluding carboxylic acids is 1. The third kappa shape index (κ3) is 4.31. The van der Waals surface area contributed by atoms with Gasteiger partial charge in [0.15, 0.2) is 0 Å². The number of rotatable bonds is 4. The molecule has 25 heavy (non-hydrogen) atoms. The minimum absolute atomic E-state index is 0.0197.